The van der Waals surface area contributed by atoms with Crippen LogP contribution in [-0.2, 0) is 4.79 Å². The molecule has 102 valence electrons. The molecule has 0 spiro atoms. The van der Waals surface area contributed by atoms with Gasteiger partial charge in [0.2, 0.25) is 5.91 Å². The number of carbonyl (C=O) groups excluding carboxylic acids is 1. The van der Waals surface area contributed by atoms with Crippen LogP contribution in [0.15, 0.2) is 0 Å². The maximum Gasteiger partial charge on any atom is 0.226 e. The average Bonchev–Trinajstić information content (AvgIpc) is 2.91. The van der Waals surface area contributed by atoms with E-state index in [1.807, 2.05) is 23.6 Å². The molecule has 2 unspecified atom stereocenters. The molecule has 2 atom stereocenters. The Morgan fingerprint density at radius 2 is 2.06 bits per heavy atom. The van der Waals surface area contributed by atoms with Crippen LogP contribution in [0.2, 0.25) is 0 Å². The van der Waals surface area contributed by atoms with E-state index in [0.29, 0.717) is 10.9 Å². The van der Waals surface area contributed by atoms with Gasteiger partial charge in [0.05, 0.1) is 11.0 Å². The Balaban J connectivity index is 1.82. The van der Waals surface area contributed by atoms with Crippen LogP contribution in [0.5, 0.6) is 0 Å². The SMILES string of the molecule is CC(C(N)=S)N1CCN(C(=O)C2CCSC2)CC1. The first-order valence-corrected chi connectivity index (χ1v) is 8.06. The van der Waals surface area contributed by atoms with E-state index in [1.165, 1.54) is 0 Å². The largest absolute Gasteiger partial charge is 0.392 e. The lowest BCUT2D eigenvalue weighted by atomic mass is 10.1. The zero-order valence-electron chi connectivity index (χ0n) is 10.8. The van der Waals surface area contributed by atoms with E-state index >= 15 is 0 Å². The van der Waals surface area contributed by atoms with Crippen molar-refractivity contribution in [2.45, 2.75) is 19.4 Å². The summed E-state index contributed by atoms with van der Waals surface area (Å²) in [4.78, 5) is 17.1. The zero-order valence-corrected chi connectivity index (χ0v) is 12.4. The third-order valence-electron chi connectivity index (χ3n) is 3.86. The van der Waals surface area contributed by atoms with Crippen LogP contribution in [0.25, 0.3) is 0 Å². The van der Waals surface area contributed by atoms with Crippen molar-refractivity contribution in [2.24, 2.45) is 11.7 Å². The van der Waals surface area contributed by atoms with E-state index in [2.05, 4.69) is 4.90 Å². The molecule has 0 radical (unpaired) electrons. The summed E-state index contributed by atoms with van der Waals surface area (Å²) in [5.74, 6) is 2.74. The van der Waals surface area contributed by atoms with Crippen LogP contribution in [0.4, 0.5) is 0 Å². The molecule has 2 saturated heterocycles. The highest BCUT2D eigenvalue weighted by Gasteiger charge is 2.30. The first kappa shape index (κ1) is 14.1. The smallest absolute Gasteiger partial charge is 0.226 e. The maximum atomic E-state index is 12.3. The molecule has 0 saturated carbocycles. The molecule has 2 aliphatic rings. The molecular weight excluding hydrogens is 266 g/mol. The number of piperazine rings is 1. The monoisotopic (exact) mass is 287 g/mol. The fraction of sp³-hybridized carbons (Fsp3) is 0.833. The number of nitrogens with two attached hydrogens (primary N) is 1. The van der Waals surface area contributed by atoms with Gasteiger partial charge in [0.1, 0.15) is 0 Å². The Hall–Kier alpha value is -0.330. The molecular formula is C12H21N3OS2. The lowest BCUT2D eigenvalue weighted by Gasteiger charge is -2.38. The quantitative estimate of drug-likeness (QED) is 0.769. The Morgan fingerprint density at radius 3 is 2.56 bits per heavy atom. The summed E-state index contributed by atoms with van der Waals surface area (Å²) in [5.41, 5.74) is 5.67. The average molecular weight is 287 g/mol. The summed E-state index contributed by atoms with van der Waals surface area (Å²) in [6.45, 7) is 5.42. The van der Waals surface area contributed by atoms with Gasteiger partial charge in [-0.2, -0.15) is 11.8 Å². The molecule has 18 heavy (non-hydrogen) atoms. The minimum atomic E-state index is 0.138. The molecule has 0 bridgehead atoms. The van der Waals surface area contributed by atoms with Gasteiger partial charge in [0.15, 0.2) is 0 Å². The van der Waals surface area contributed by atoms with Gasteiger partial charge in [-0.3, -0.25) is 9.69 Å². The second kappa shape index (κ2) is 6.21. The van der Waals surface area contributed by atoms with Gasteiger partial charge in [-0.05, 0) is 19.1 Å². The van der Waals surface area contributed by atoms with Crippen molar-refractivity contribution >= 4 is 34.9 Å². The molecule has 2 aliphatic heterocycles. The minimum Gasteiger partial charge on any atom is -0.392 e. The Bertz CT molecular complexity index is 323. The van der Waals surface area contributed by atoms with E-state index < -0.39 is 0 Å². The molecule has 0 aromatic rings. The summed E-state index contributed by atoms with van der Waals surface area (Å²) >= 11 is 6.91. The normalized spacial score (nSPS) is 27.2. The first-order chi connectivity index (χ1) is 8.59. The molecule has 0 aromatic carbocycles. The van der Waals surface area contributed by atoms with E-state index in [-0.39, 0.29) is 12.0 Å². The van der Waals surface area contributed by atoms with Crippen LogP contribution in [0, 0.1) is 5.92 Å². The van der Waals surface area contributed by atoms with E-state index in [0.717, 1.165) is 44.1 Å². The third-order valence-corrected chi connectivity index (χ3v) is 5.37. The summed E-state index contributed by atoms with van der Waals surface area (Å²) in [6.07, 6.45) is 1.05. The van der Waals surface area contributed by atoms with Crippen LogP contribution in [0.3, 0.4) is 0 Å². The summed E-state index contributed by atoms with van der Waals surface area (Å²) in [5, 5.41) is 0. The third kappa shape index (κ3) is 3.16. The molecule has 4 nitrogen and oxygen atoms in total. The maximum absolute atomic E-state index is 12.3. The number of amides is 1. The van der Waals surface area contributed by atoms with E-state index in [9.17, 15) is 4.79 Å². The molecule has 1 amide bonds. The highest BCUT2D eigenvalue weighted by molar-refractivity contribution is 7.99. The predicted molar refractivity (Wildman–Crippen MR) is 79.8 cm³/mol. The number of hydrogen-bond acceptors (Lipinski definition) is 4. The summed E-state index contributed by atoms with van der Waals surface area (Å²) in [6, 6.07) is 0.138. The van der Waals surface area contributed by atoms with Crippen molar-refractivity contribution in [1.29, 1.82) is 0 Å². The van der Waals surface area contributed by atoms with Crippen LogP contribution in [0.1, 0.15) is 13.3 Å². The zero-order chi connectivity index (χ0) is 13.1. The molecule has 2 fully saturated rings. The highest BCUT2D eigenvalue weighted by atomic mass is 32.2. The Morgan fingerprint density at radius 1 is 1.39 bits per heavy atom. The van der Waals surface area contributed by atoms with Crippen molar-refractivity contribution in [3.63, 3.8) is 0 Å². The number of thioether (sulfide) groups is 1. The first-order valence-electron chi connectivity index (χ1n) is 6.49. The molecule has 2 rings (SSSR count). The molecule has 2 heterocycles. The molecule has 0 aromatic heterocycles. The van der Waals surface area contributed by atoms with Crippen molar-refractivity contribution in [3.05, 3.63) is 0 Å². The summed E-state index contributed by atoms with van der Waals surface area (Å²) < 4.78 is 0. The van der Waals surface area contributed by atoms with Crippen molar-refractivity contribution in [2.75, 3.05) is 37.7 Å². The second-order valence-corrected chi connectivity index (χ2v) is 6.62. The highest BCUT2D eigenvalue weighted by Crippen LogP contribution is 2.25. The topological polar surface area (TPSA) is 49.6 Å². The van der Waals surface area contributed by atoms with Gasteiger partial charge in [-0.1, -0.05) is 12.2 Å². The second-order valence-electron chi connectivity index (χ2n) is 5.00. The van der Waals surface area contributed by atoms with Crippen molar-refractivity contribution in [1.82, 2.24) is 9.80 Å². The lowest BCUT2D eigenvalue weighted by Crippen LogP contribution is -2.54. The number of carbonyl (C=O) groups is 1. The van der Waals surface area contributed by atoms with Crippen molar-refractivity contribution in [3.8, 4) is 0 Å². The van der Waals surface area contributed by atoms with Gasteiger partial charge >= 0.3 is 0 Å². The van der Waals surface area contributed by atoms with Crippen LogP contribution in [-0.4, -0.2) is 64.4 Å². The number of nitrogens with zero attached hydrogens (tertiary/aromatic N) is 2. The van der Waals surface area contributed by atoms with Gasteiger partial charge in [0.25, 0.3) is 0 Å². The molecule has 0 aliphatic carbocycles. The van der Waals surface area contributed by atoms with E-state index in [4.69, 9.17) is 18.0 Å². The van der Waals surface area contributed by atoms with Gasteiger partial charge in [-0.15, -0.1) is 0 Å². The lowest BCUT2D eigenvalue weighted by molar-refractivity contribution is -0.136. The number of thiocarbonyl (C=S) groups is 1. The van der Waals surface area contributed by atoms with Crippen LogP contribution < -0.4 is 5.73 Å². The van der Waals surface area contributed by atoms with E-state index in [1.54, 1.807) is 0 Å². The summed E-state index contributed by atoms with van der Waals surface area (Å²) in [7, 11) is 0. The number of hydrogen-bond donors (Lipinski definition) is 1. The molecule has 2 N–H and O–H groups in total. The predicted octanol–water partition coefficient (Wildman–Crippen LogP) is 0.558. The van der Waals surface area contributed by atoms with Gasteiger partial charge in [-0.25, -0.2) is 0 Å². The van der Waals surface area contributed by atoms with Gasteiger partial charge in [0, 0.05) is 37.8 Å². The number of rotatable bonds is 3. The standard InChI is InChI=1S/C12H21N3OS2/c1-9(11(13)17)14-3-5-15(6-4-14)12(16)10-2-7-18-8-10/h9-10H,2-8H2,1H3,(H2,13,17). The van der Waals surface area contributed by atoms with Crippen molar-refractivity contribution < 1.29 is 4.79 Å². The minimum absolute atomic E-state index is 0.138. The molecule has 6 heteroatoms. The van der Waals surface area contributed by atoms with Gasteiger partial charge < -0.3 is 10.6 Å². The Labute approximate surface area is 118 Å². The Kier molecular flexibility index (Phi) is 4.86. The fourth-order valence-corrected chi connectivity index (χ4v) is 3.86. The fourth-order valence-electron chi connectivity index (χ4n) is 2.50. The van der Waals surface area contributed by atoms with Crippen LogP contribution >= 0.6 is 24.0 Å².